The van der Waals surface area contributed by atoms with Crippen LogP contribution in [-0.2, 0) is 19.6 Å². The van der Waals surface area contributed by atoms with E-state index in [4.69, 9.17) is 0 Å². The highest BCUT2D eigenvalue weighted by Crippen LogP contribution is 2.33. The minimum atomic E-state index is -0.309. The molecule has 0 spiro atoms. The maximum atomic E-state index is 14.6. The second-order valence-corrected chi connectivity index (χ2v) is 9.05. The van der Waals surface area contributed by atoms with E-state index >= 15 is 0 Å². The largest absolute Gasteiger partial charge is 0.298 e. The fraction of sp³-hybridized carbons (Fsp3) is 0.357. The molecule has 3 aromatic carbocycles. The van der Waals surface area contributed by atoms with Gasteiger partial charge in [0.15, 0.2) is 0 Å². The number of benzene rings is 3. The van der Waals surface area contributed by atoms with Crippen LogP contribution in [0.1, 0.15) is 29.5 Å². The zero-order valence-electron chi connectivity index (χ0n) is 18.3. The van der Waals surface area contributed by atoms with Crippen LogP contribution in [0.15, 0.2) is 91.0 Å². The molecular formula is C28H33FN2. The second-order valence-electron chi connectivity index (χ2n) is 9.05. The minimum Gasteiger partial charge on any atom is -0.298 e. The van der Waals surface area contributed by atoms with Crippen LogP contribution >= 0.6 is 0 Å². The molecular weight excluding hydrogens is 383 g/mol. The molecule has 1 saturated heterocycles. The van der Waals surface area contributed by atoms with Gasteiger partial charge < -0.3 is 0 Å². The molecule has 1 fully saturated rings. The van der Waals surface area contributed by atoms with Crippen LogP contribution < -0.4 is 0 Å². The third-order valence-electron chi connectivity index (χ3n) is 6.33. The van der Waals surface area contributed by atoms with Crippen LogP contribution in [0.4, 0.5) is 4.39 Å². The molecule has 0 bridgehead atoms. The Morgan fingerprint density at radius 2 is 1.26 bits per heavy atom. The van der Waals surface area contributed by atoms with E-state index < -0.39 is 0 Å². The van der Waals surface area contributed by atoms with E-state index in [2.05, 4.69) is 101 Å². The lowest BCUT2D eigenvalue weighted by Crippen LogP contribution is -2.50. The summed E-state index contributed by atoms with van der Waals surface area (Å²) in [5, 5.41) is 0. The molecule has 0 radical (unpaired) electrons. The van der Waals surface area contributed by atoms with Crippen molar-refractivity contribution < 1.29 is 4.39 Å². The molecule has 31 heavy (non-hydrogen) atoms. The van der Waals surface area contributed by atoms with Crippen LogP contribution in [0.3, 0.4) is 0 Å². The summed E-state index contributed by atoms with van der Waals surface area (Å²) in [5.41, 5.74) is 3.56. The monoisotopic (exact) mass is 416 g/mol. The molecule has 4 rings (SSSR count). The third kappa shape index (κ3) is 6.25. The number of nitrogens with zero attached hydrogens (tertiary/aromatic N) is 2. The van der Waals surface area contributed by atoms with Crippen LogP contribution in [-0.4, -0.2) is 36.1 Å². The van der Waals surface area contributed by atoms with Gasteiger partial charge in [0.25, 0.3) is 0 Å². The van der Waals surface area contributed by atoms with E-state index in [0.29, 0.717) is 0 Å². The average molecular weight is 417 g/mol. The molecule has 0 saturated carbocycles. The summed E-state index contributed by atoms with van der Waals surface area (Å²) >= 11 is 0. The number of hydrogen-bond donors (Lipinski definition) is 0. The summed E-state index contributed by atoms with van der Waals surface area (Å²) in [6.07, 6.45) is 2.01. The van der Waals surface area contributed by atoms with E-state index in [9.17, 15) is 4.39 Å². The number of piperidine rings is 1. The van der Waals surface area contributed by atoms with Crippen LogP contribution in [0.25, 0.3) is 0 Å². The minimum absolute atomic E-state index is 0.266. The Balaban J connectivity index is 1.49. The van der Waals surface area contributed by atoms with Gasteiger partial charge in [0.1, 0.15) is 0 Å². The van der Waals surface area contributed by atoms with Gasteiger partial charge in [-0.2, -0.15) is 0 Å². The van der Waals surface area contributed by atoms with E-state index in [-0.39, 0.29) is 12.1 Å². The predicted molar refractivity (Wildman–Crippen MR) is 126 cm³/mol. The molecule has 0 amide bonds. The lowest BCUT2D eigenvalue weighted by Gasteiger charge is -2.44. The molecule has 0 aliphatic carbocycles. The van der Waals surface area contributed by atoms with Crippen molar-refractivity contribution in [2.75, 3.05) is 26.3 Å². The first kappa shape index (κ1) is 21.7. The Labute approximate surface area is 186 Å². The van der Waals surface area contributed by atoms with Crippen LogP contribution in [0.5, 0.6) is 0 Å². The van der Waals surface area contributed by atoms with Crippen molar-refractivity contribution in [1.82, 2.24) is 9.80 Å². The lowest BCUT2D eigenvalue weighted by atomic mass is 9.80. The van der Waals surface area contributed by atoms with Gasteiger partial charge in [-0.15, -0.1) is 0 Å². The van der Waals surface area contributed by atoms with E-state index in [1.165, 1.54) is 16.7 Å². The molecule has 2 nitrogen and oxygen atoms in total. The van der Waals surface area contributed by atoms with Crippen molar-refractivity contribution >= 4 is 0 Å². The number of rotatable bonds is 9. The van der Waals surface area contributed by atoms with E-state index in [1.807, 2.05) is 0 Å². The molecule has 3 aromatic rings. The molecule has 1 unspecified atom stereocenters. The van der Waals surface area contributed by atoms with Crippen molar-refractivity contribution in [3.05, 3.63) is 108 Å². The van der Waals surface area contributed by atoms with Gasteiger partial charge in [0.05, 0.1) is 6.67 Å². The van der Waals surface area contributed by atoms with Crippen LogP contribution in [0.2, 0.25) is 0 Å². The van der Waals surface area contributed by atoms with Crippen LogP contribution in [0, 0.1) is 5.41 Å². The standard InChI is InChI=1S/C28H33FN2/c29-22-28(17-10-18-30(23-28)19-25-11-4-1-5-12-25)24-31(20-26-13-6-2-7-14-26)21-27-15-8-3-9-16-27/h1-9,11-16H,10,17-24H2. The summed E-state index contributed by atoms with van der Waals surface area (Å²) in [6, 6.07) is 31.7. The normalized spacial score (nSPS) is 19.5. The van der Waals surface area contributed by atoms with Gasteiger partial charge in [0.2, 0.25) is 0 Å². The third-order valence-corrected chi connectivity index (χ3v) is 6.33. The highest BCUT2D eigenvalue weighted by atomic mass is 19.1. The molecule has 162 valence electrons. The van der Waals surface area contributed by atoms with E-state index in [1.54, 1.807) is 0 Å². The van der Waals surface area contributed by atoms with Crippen molar-refractivity contribution in [2.24, 2.45) is 5.41 Å². The van der Waals surface area contributed by atoms with Gasteiger partial charge >= 0.3 is 0 Å². The second kappa shape index (κ2) is 10.7. The Morgan fingerprint density at radius 1 is 0.742 bits per heavy atom. The van der Waals surface area contributed by atoms with Gasteiger partial charge in [-0.1, -0.05) is 91.0 Å². The number of alkyl halides is 1. The zero-order valence-corrected chi connectivity index (χ0v) is 18.3. The van der Waals surface area contributed by atoms with Gasteiger partial charge in [-0.3, -0.25) is 14.2 Å². The molecule has 1 heterocycles. The summed E-state index contributed by atoms with van der Waals surface area (Å²) in [4.78, 5) is 4.89. The quantitative estimate of drug-likeness (QED) is 0.426. The number of halogens is 1. The fourth-order valence-corrected chi connectivity index (χ4v) is 4.89. The Kier molecular flexibility index (Phi) is 7.50. The van der Waals surface area contributed by atoms with Crippen molar-refractivity contribution in [3.8, 4) is 0 Å². The highest BCUT2D eigenvalue weighted by molar-refractivity contribution is 5.18. The average Bonchev–Trinajstić information content (AvgIpc) is 2.81. The summed E-state index contributed by atoms with van der Waals surface area (Å²) in [7, 11) is 0. The maximum absolute atomic E-state index is 14.6. The van der Waals surface area contributed by atoms with E-state index in [0.717, 1.165) is 52.1 Å². The molecule has 0 aromatic heterocycles. The maximum Gasteiger partial charge on any atom is 0.0975 e. The summed E-state index contributed by atoms with van der Waals surface area (Å²) in [6.45, 7) is 4.97. The smallest absolute Gasteiger partial charge is 0.0975 e. The lowest BCUT2D eigenvalue weighted by molar-refractivity contribution is 0.0209. The molecule has 1 aliphatic heterocycles. The first-order valence-electron chi connectivity index (χ1n) is 11.4. The predicted octanol–water partition coefficient (Wildman–Crippen LogP) is 5.94. The zero-order chi connectivity index (χ0) is 21.4. The molecule has 0 N–H and O–H groups in total. The highest BCUT2D eigenvalue weighted by Gasteiger charge is 2.37. The summed E-state index contributed by atoms with van der Waals surface area (Å²) < 4.78 is 14.6. The van der Waals surface area contributed by atoms with Crippen molar-refractivity contribution in [1.29, 1.82) is 0 Å². The van der Waals surface area contributed by atoms with Crippen molar-refractivity contribution in [2.45, 2.75) is 32.5 Å². The van der Waals surface area contributed by atoms with Crippen molar-refractivity contribution in [3.63, 3.8) is 0 Å². The van der Waals surface area contributed by atoms with Gasteiger partial charge in [-0.25, -0.2) is 0 Å². The first-order chi connectivity index (χ1) is 15.2. The topological polar surface area (TPSA) is 6.48 Å². The molecule has 1 aliphatic rings. The SMILES string of the molecule is FCC1(CN(Cc2ccccc2)Cc2ccccc2)CCCN(Cc2ccccc2)C1. The number of likely N-dealkylation sites (tertiary alicyclic amines) is 1. The molecule has 1 atom stereocenters. The first-order valence-corrected chi connectivity index (χ1v) is 11.4. The summed E-state index contributed by atoms with van der Waals surface area (Å²) in [5.74, 6) is 0. The fourth-order valence-electron chi connectivity index (χ4n) is 4.89. The molecule has 3 heteroatoms. The van der Waals surface area contributed by atoms with Gasteiger partial charge in [-0.05, 0) is 36.1 Å². The Hall–Kier alpha value is -2.49. The van der Waals surface area contributed by atoms with Gasteiger partial charge in [0, 0.05) is 38.1 Å². The Morgan fingerprint density at radius 3 is 1.77 bits per heavy atom. The Bertz CT molecular complexity index is 859. The number of hydrogen-bond acceptors (Lipinski definition) is 2.